The zero-order chi connectivity index (χ0) is 13.2. The molecule has 0 spiro atoms. The Morgan fingerprint density at radius 2 is 2.28 bits per heavy atom. The van der Waals surface area contributed by atoms with Crippen LogP contribution in [-0.2, 0) is 11.3 Å². The molecule has 1 aromatic rings. The second-order valence-corrected chi connectivity index (χ2v) is 6.18. The summed E-state index contributed by atoms with van der Waals surface area (Å²) in [5.41, 5.74) is 0. The molecule has 0 unspecified atom stereocenters. The summed E-state index contributed by atoms with van der Waals surface area (Å²) in [6.45, 7) is 7.89. The van der Waals surface area contributed by atoms with Gasteiger partial charge in [0, 0.05) is 47.6 Å². The summed E-state index contributed by atoms with van der Waals surface area (Å²) in [4.78, 5) is 3.74. The van der Waals surface area contributed by atoms with Crippen molar-refractivity contribution in [2.24, 2.45) is 0 Å². The van der Waals surface area contributed by atoms with Crippen LogP contribution in [0.15, 0.2) is 15.9 Å². The van der Waals surface area contributed by atoms with Crippen LogP contribution in [0.25, 0.3) is 0 Å². The van der Waals surface area contributed by atoms with Gasteiger partial charge in [0.1, 0.15) is 0 Å². The summed E-state index contributed by atoms with van der Waals surface area (Å²) >= 11 is 5.29. The van der Waals surface area contributed by atoms with Crippen LogP contribution in [0.5, 0.6) is 0 Å². The summed E-state index contributed by atoms with van der Waals surface area (Å²) in [6, 6.07) is 2.19. The average molecular weight is 335 g/mol. The Morgan fingerprint density at radius 1 is 1.44 bits per heavy atom. The van der Waals surface area contributed by atoms with Gasteiger partial charge < -0.3 is 15.0 Å². The Kier molecular flexibility index (Phi) is 8.88. The highest BCUT2D eigenvalue weighted by Crippen LogP contribution is 2.20. The summed E-state index contributed by atoms with van der Waals surface area (Å²) in [7, 11) is 2.16. The van der Waals surface area contributed by atoms with Crippen LogP contribution in [-0.4, -0.2) is 44.8 Å². The first-order chi connectivity index (χ1) is 8.72. The number of nitrogens with zero attached hydrogens (tertiary/aromatic N) is 1. The van der Waals surface area contributed by atoms with E-state index in [1.165, 1.54) is 9.35 Å². The number of thiophene rings is 1. The van der Waals surface area contributed by atoms with Crippen LogP contribution in [0, 0.1) is 0 Å². The molecule has 0 atom stereocenters. The molecule has 18 heavy (non-hydrogen) atoms. The Morgan fingerprint density at radius 3 is 2.94 bits per heavy atom. The summed E-state index contributed by atoms with van der Waals surface area (Å²) in [5, 5.41) is 5.57. The van der Waals surface area contributed by atoms with Gasteiger partial charge in [0.05, 0.1) is 0 Å². The largest absolute Gasteiger partial charge is 0.382 e. The van der Waals surface area contributed by atoms with Gasteiger partial charge in [-0.25, -0.2) is 0 Å². The van der Waals surface area contributed by atoms with E-state index in [1.807, 2.05) is 6.92 Å². The second kappa shape index (κ2) is 9.92. The third-order valence-electron chi connectivity index (χ3n) is 2.56. The molecule has 1 heterocycles. The minimum atomic E-state index is 0.819. The number of ether oxygens (including phenoxy) is 1. The summed E-state index contributed by atoms with van der Waals surface area (Å²) in [5.74, 6) is 0. The van der Waals surface area contributed by atoms with Crippen molar-refractivity contribution in [3.05, 3.63) is 20.8 Å². The van der Waals surface area contributed by atoms with Crippen molar-refractivity contribution >= 4 is 27.3 Å². The Balaban J connectivity index is 1.98. The standard InChI is InChI=1S/C13H23BrN2OS/c1-3-17-8-4-5-15-6-7-16(2)10-13-9-12(14)11-18-13/h9,11,15H,3-8,10H2,1-2H3. The van der Waals surface area contributed by atoms with Crippen molar-refractivity contribution in [1.29, 1.82) is 0 Å². The first kappa shape index (κ1) is 16.1. The quantitative estimate of drug-likeness (QED) is 0.666. The first-order valence-electron chi connectivity index (χ1n) is 6.42. The smallest absolute Gasteiger partial charge is 0.0477 e. The predicted octanol–water partition coefficient (Wildman–Crippen LogP) is 2.96. The molecule has 104 valence electrons. The van der Waals surface area contributed by atoms with E-state index in [4.69, 9.17) is 4.74 Å². The molecule has 5 heteroatoms. The van der Waals surface area contributed by atoms with Gasteiger partial charge in [-0.1, -0.05) is 0 Å². The third kappa shape index (κ3) is 7.48. The number of rotatable bonds is 10. The maximum absolute atomic E-state index is 5.29. The molecule has 0 aliphatic carbocycles. The van der Waals surface area contributed by atoms with Crippen molar-refractivity contribution in [3.8, 4) is 0 Å². The highest BCUT2D eigenvalue weighted by molar-refractivity contribution is 9.10. The number of hydrogen-bond acceptors (Lipinski definition) is 4. The van der Waals surface area contributed by atoms with Crippen LogP contribution < -0.4 is 5.32 Å². The van der Waals surface area contributed by atoms with E-state index in [0.29, 0.717) is 0 Å². The molecule has 0 fully saturated rings. The fraction of sp³-hybridized carbons (Fsp3) is 0.692. The SMILES string of the molecule is CCOCCCNCCN(C)Cc1cc(Br)cs1. The van der Waals surface area contributed by atoms with Crippen molar-refractivity contribution in [3.63, 3.8) is 0 Å². The number of likely N-dealkylation sites (N-methyl/N-ethyl adjacent to an activating group) is 1. The molecule has 1 rings (SSSR count). The maximum atomic E-state index is 5.29. The predicted molar refractivity (Wildman–Crippen MR) is 82.3 cm³/mol. The van der Waals surface area contributed by atoms with Crippen LogP contribution in [0.4, 0.5) is 0 Å². The molecule has 1 N–H and O–H groups in total. The van der Waals surface area contributed by atoms with Gasteiger partial charge in [-0.15, -0.1) is 11.3 Å². The molecule has 0 amide bonds. The number of halogens is 1. The van der Waals surface area contributed by atoms with Gasteiger partial charge in [-0.05, 0) is 48.9 Å². The Hall–Kier alpha value is 0.0600. The molecule has 0 radical (unpaired) electrons. The lowest BCUT2D eigenvalue weighted by molar-refractivity contribution is 0.144. The van der Waals surface area contributed by atoms with E-state index >= 15 is 0 Å². The van der Waals surface area contributed by atoms with Crippen molar-refractivity contribution in [2.45, 2.75) is 19.9 Å². The van der Waals surface area contributed by atoms with Gasteiger partial charge in [-0.2, -0.15) is 0 Å². The number of nitrogens with one attached hydrogen (secondary N) is 1. The van der Waals surface area contributed by atoms with Gasteiger partial charge in [0.25, 0.3) is 0 Å². The van der Waals surface area contributed by atoms with Crippen LogP contribution in [0.1, 0.15) is 18.2 Å². The van der Waals surface area contributed by atoms with Crippen molar-refractivity contribution in [2.75, 3.05) is 39.9 Å². The van der Waals surface area contributed by atoms with E-state index in [9.17, 15) is 0 Å². The lowest BCUT2D eigenvalue weighted by atomic mass is 10.4. The van der Waals surface area contributed by atoms with Crippen LogP contribution in [0.3, 0.4) is 0 Å². The van der Waals surface area contributed by atoms with Gasteiger partial charge in [0.15, 0.2) is 0 Å². The highest BCUT2D eigenvalue weighted by Gasteiger charge is 2.02. The molecular weight excluding hydrogens is 312 g/mol. The Labute approximate surface area is 123 Å². The van der Waals surface area contributed by atoms with Crippen LogP contribution in [0.2, 0.25) is 0 Å². The summed E-state index contributed by atoms with van der Waals surface area (Å²) in [6.07, 6.45) is 1.09. The molecular formula is C13H23BrN2OS. The van der Waals surface area contributed by atoms with Gasteiger partial charge >= 0.3 is 0 Å². The molecule has 1 aromatic heterocycles. The summed E-state index contributed by atoms with van der Waals surface area (Å²) < 4.78 is 6.47. The minimum Gasteiger partial charge on any atom is -0.382 e. The zero-order valence-electron chi connectivity index (χ0n) is 11.2. The molecule has 0 aliphatic heterocycles. The van der Waals surface area contributed by atoms with Crippen LogP contribution >= 0.6 is 27.3 Å². The van der Waals surface area contributed by atoms with E-state index in [0.717, 1.165) is 45.8 Å². The number of hydrogen-bond donors (Lipinski definition) is 1. The van der Waals surface area contributed by atoms with Gasteiger partial charge in [-0.3, -0.25) is 0 Å². The average Bonchev–Trinajstić information content (AvgIpc) is 2.73. The molecule has 0 saturated carbocycles. The molecule has 0 saturated heterocycles. The van der Waals surface area contributed by atoms with E-state index < -0.39 is 0 Å². The first-order valence-corrected chi connectivity index (χ1v) is 8.09. The zero-order valence-corrected chi connectivity index (χ0v) is 13.6. The molecule has 0 aromatic carbocycles. The van der Waals surface area contributed by atoms with E-state index in [2.05, 4.69) is 44.6 Å². The molecule has 3 nitrogen and oxygen atoms in total. The maximum Gasteiger partial charge on any atom is 0.0477 e. The van der Waals surface area contributed by atoms with Gasteiger partial charge in [0.2, 0.25) is 0 Å². The lowest BCUT2D eigenvalue weighted by Gasteiger charge is -2.15. The normalized spacial score (nSPS) is 11.3. The van der Waals surface area contributed by atoms with E-state index in [1.54, 1.807) is 11.3 Å². The van der Waals surface area contributed by atoms with Crippen molar-refractivity contribution in [1.82, 2.24) is 10.2 Å². The molecule has 0 aliphatic rings. The minimum absolute atomic E-state index is 0.819. The Bertz CT molecular complexity index is 320. The second-order valence-electron chi connectivity index (χ2n) is 4.27. The molecule has 0 bridgehead atoms. The van der Waals surface area contributed by atoms with E-state index in [-0.39, 0.29) is 0 Å². The fourth-order valence-corrected chi connectivity index (χ4v) is 3.15. The monoisotopic (exact) mass is 334 g/mol. The third-order valence-corrected chi connectivity index (χ3v) is 4.25. The topological polar surface area (TPSA) is 24.5 Å². The lowest BCUT2D eigenvalue weighted by Crippen LogP contribution is -2.29. The highest BCUT2D eigenvalue weighted by atomic mass is 79.9. The fourth-order valence-electron chi connectivity index (χ4n) is 1.62. The van der Waals surface area contributed by atoms with Crippen molar-refractivity contribution < 1.29 is 4.74 Å².